The number of Topliss-reactive ketones (excluding diaryl/α,β-unsaturated/α-hetero) is 1. The molecule has 15 heteroatoms. The Balaban J connectivity index is 1.45. The lowest BCUT2D eigenvalue weighted by molar-refractivity contribution is -0.137. The van der Waals surface area contributed by atoms with Crippen LogP contribution in [0.4, 0.5) is 5.69 Å². The van der Waals surface area contributed by atoms with Gasteiger partial charge in [-0.05, 0) is 67.9 Å². The van der Waals surface area contributed by atoms with Crippen molar-refractivity contribution in [1.82, 2.24) is 25.5 Å². The Bertz CT molecular complexity index is 1490. The molecule has 2 bridgehead atoms. The fourth-order valence-electron chi connectivity index (χ4n) is 6.49. The molecule has 2 fully saturated rings. The van der Waals surface area contributed by atoms with E-state index in [2.05, 4.69) is 40.1 Å². The topological polar surface area (TPSA) is 168 Å². The highest BCUT2D eigenvalue weighted by atomic mass is 35.5. The summed E-state index contributed by atoms with van der Waals surface area (Å²) in [4.78, 5) is 80.1. The van der Waals surface area contributed by atoms with E-state index < -0.39 is 35.1 Å². The lowest BCUT2D eigenvalue weighted by Gasteiger charge is -2.46. The highest BCUT2D eigenvalue weighted by molar-refractivity contribution is 7.19. The van der Waals surface area contributed by atoms with E-state index in [1.54, 1.807) is 0 Å². The Morgan fingerprint density at radius 1 is 1.11 bits per heavy atom. The van der Waals surface area contributed by atoms with Gasteiger partial charge in [-0.1, -0.05) is 48.4 Å². The van der Waals surface area contributed by atoms with Gasteiger partial charge in [0.25, 0.3) is 17.4 Å². The zero-order valence-corrected chi connectivity index (χ0v) is 27.0. The van der Waals surface area contributed by atoms with Gasteiger partial charge < -0.3 is 25.8 Å². The molecular weight excluding hydrogens is 631 g/mol. The predicted molar refractivity (Wildman–Crippen MR) is 167 cm³/mol. The first-order valence-electron chi connectivity index (χ1n) is 14.5. The quantitative estimate of drug-likeness (QED) is 0.267. The summed E-state index contributed by atoms with van der Waals surface area (Å²) in [5.74, 6) is -1.52. The van der Waals surface area contributed by atoms with E-state index in [1.807, 2.05) is 0 Å². The SMILES string of the molecule is CNC(=O)C(=O)CCC(NC(=O)c1nc(Cl)sc1Cl)C(=O)Nc1cccn(CC(=O)NC2C(C)CC3CC(C)CC2C3)c1=O. The van der Waals surface area contributed by atoms with Gasteiger partial charge in [0.1, 0.15) is 22.6 Å². The number of thiazole rings is 1. The van der Waals surface area contributed by atoms with Crippen molar-refractivity contribution in [3.63, 3.8) is 0 Å². The number of carbonyl (C=O) groups excluding carboxylic acids is 5. The maximum atomic E-state index is 13.3. The molecule has 0 aliphatic heterocycles. The van der Waals surface area contributed by atoms with Crippen molar-refractivity contribution in [2.75, 3.05) is 12.4 Å². The standard InChI is InChI=1S/C29H36Cl2N6O6S/c1-14-9-16-11-15(2)22(17(10-14)12-16)35-21(39)13-37-8-4-5-19(28(37)43)34-25(40)18(6-7-20(38)26(41)32-3)33-27(42)23-24(30)44-29(31)36-23/h4-5,8,14-18,22H,6-7,9-13H2,1-3H3,(H,32,41)(H,33,42)(H,34,40)(H,35,39). The second-order valence-electron chi connectivity index (χ2n) is 11.7. The molecule has 2 heterocycles. The Labute approximate surface area is 268 Å². The van der Waals surface area contributed by atoms with Gasteiger partial charge in [-0.15, -0.1) is 0 Å². The monoisotopic (exact) mass is 666 g/mol. The maximum Gasteiger partial charge on any atom is 0.287 e. The first-order valence-corrected chi connectivity index (χ1v) is 16.1. The largest absolute Gasteiger partial charge is 0.353 e. The van der Waals surface area contributed by atoms with Crippen LogP contribution in [0.3, 0.4) is 0 Å². The average Bonchev–Trinajstić information content (AvgIpc) is 3.31. The summed E-state index contributed by atoms with van der Waals surface area (Å²) in [6.45, 7) is 4.19. The van der Waals surface area contributed by atoms with E-state index >= 15 is 0 Å². The van der Waals surface area contributed by atoms with E-state index in [0.29, 0.717) is 23.7 Å². The van der Waals surface area contributed by atoms with E-state index in [-0.39, 0.29) is 51.5 Å². The molecule has 44 heavy (non-hydrogen) atoms. The van der Waals surface area contributed by atoms with Crippen LogP contribution in [0.1, 0.15) is 62.9 Å². The Morgan fingerprint density at radius 2 is 1.86 bits per heavy atom. The molecule has 0 aromatic carbocycles. The van der Waals surface area contributed by atoms with Gasteiger partial charge in [0.15, 0.2) is 10.2 Å². The Hall–Kier alpha value is -3.29. The number of likely N-dealkylation sites (N-methyl/N-ethyl adjacent to an activating group) is 1. The molecule has 6 atom stereocenters. The van der Waals surface area contributed by atoms with Crippen molar-refractivity contribution >= 4 is 69.6 Å². The zero-order chi connectivity index (χ0) is 32.1. The van der Waals surface area contributed by atoms with Gasteiger partial charge in [0.2, 0.25) is 17.6 Å². The van der Waals surface area contributed by atoms with Crippen molar-refractivity contribution in [2.24, 2.45) is 23.7 Å². The number of ketones is 1. The highest BCUT2D eigenvalue weighted by Gasteiger charge is 2.40. The minimum absolute atomic E-state index is 0.00208. The predicted octanol–water partition coefficient (Wildman–Crippen LogP) is 3.02. The van der Waals surface area contributed by atoms with Crippen molar-refractivity contribution < 1.29 is 24.0 Å². The lowest BCUT2D eigenvalue weighted by Crippen LogP contribution is -2.51. The third-order valence-corrected chi connectivity index (χ3v) is 9.72. The minimum atomic E-state index is -1.35. The molecule has 4 rings (SSSR count). The molecule has 2 saturated carbocycles. The number of hydrogen-bond donors (Lipinski definition) is 4. The third kappa shape index (κ3) is 8.24. The summed E-state index contributed by atoms with van der Waals surface area (Å²) in [5, 5.41) is 10.3. The van der Waals surface area contributed by atoms with Gasteiger partial charge in [-0.3, -0.25) is 28.8 Å². The summed E-state index contributed by atoms with van der Waals surface area (Å²) < 4.78 is 1.21. The molecule has 238 valence electrons. The lowest BCUT2D eigenvalue weighted by atomic mass is 9.63. The number of rotatable bonds is 11. The normalized spacial score (nSPS) is 23.2. The summed E-state index contributed by atoms with van der Waals surface area (Å²) in [6, 6.07) is 1.58. The Morgan fingerprint density at radius 3 is 2.55 bits per heavy atom. The van der Waals surface area contributed by atoms with Gasteiger partial charge in [0.05, 0.1) is 0 Å². The van der Waals surface area contributed by atoms with Crippen molar-refractivity contribution in [1.29, 1.82) is 0 Å². The van der Waals surface area contributed by atoms with Crippen molar-refractivity contribution in [3.05, 3.63) is 43.2 Å². The molecule has 0 spiro atoms. The van der Waals surface area contributed by atoms with Crippen LogP contribution in [0.15, 0.2) is 23.1 Å². The molecule has 2 aromatic heterocycles. The molecule has 0 saturated heterocycles. The van der Waals surface area contributed by atoms with Gasteiger partial charge in [-0.25, -0.2) is 4.98 Å². The molecule has 4 amide bonds. The summed E-state index contributed by atoms with van der Waals surface area (Å²) in [7, 11) is 1.29. The van der Waals surface area contributed by atoms with Crippen LogP contribution in [0.2, 0.25) is 8.80 Å². The number of halogens is 2. The van der Waals surface area contributed by atoms with Crippen molar-refractivity contribution in [3.8, 4) is 0 Å². The number of aromatic nitrogens is 2. The number of hydrogen-bond acceptors (Lipinski definition) is 8. The molecule has 6 unspecified atom stereocenters. The third-order valence-electron chi connectivity index (χ3n) is 8.36. The first kappa shape index (κ1) is 33.6. The van der Waals surface area contributed by atoms with Gasteiger partial charge in [-0.2, -0.15) is 0 Å². The van der Waals surface area contributed by atoms with Gasteiger partial charge in [0, 0.05) is 25.7 Å². The maximum absolute atomic E-state index is 13.3. The van der Waals surface area contributed by atoms with Gasteiger partial charge >= 0.3 is 0 Å². The smallest absolute Gasteiger partial charge is 0.287 e. The van der Waals surface area contributed by atoms with E-state index in [1.165, 1.54) is 36.4 Å². The highest BCUT2D eigenvalue weighted by Crippen LogP contribution is 2.44. The number of fused-ring (bicyclic) bond motifs is 2. The second-order valence-corrected chi connectivity index (χ2v) is 13.9. The van der Waals surface area contributed by atoms with Crippen LogP contribution in [0.25, 0.3) is 0 Å². The zero-order valence-electron chi connectivity index (χ0n) is 24.7. The second kappa shape index (κ2) is 14.7. The van der Waals surface area contributed by atoms with E-state index in [0.717, 1.165) is 30.6 Å². The van der Waals surface area contributed by atoms with Crippen LogP contribution in [0.5, 0.6) is 0 Å². The summed E-state index contributed by atoms with van der Waals surface area (Å²) in [6.07, 6.45) is 5.30. The summed E-state index contributed by atoms with van der Waals surface area (Å²) in [5.41, 5.74) is -0.970. The average molecular weight is 668 g/mol. The molecule has 2 aliphatic rings. The number of carbonyl (C=O) groups is 5. The molecule has 2 aromatic rings. The molecule has 0 radical (unpaired) electrons. The van der Waals surface area contributed by atoms with E-state index in [4.69, 9.17) is 23.2 Å². The molecule has 12 nitrogen and oxygen atoms in total. The summed E-state index contributed by atoms with van der Waals surface area (Å²) >= 11 is 12.7. The fraction of sp³-hybridized carbons (Fsp3) is 0.552. The van der Waals surface area contributed by atoms with Crippen molar-refractivity contribution in [2.45, 2.75) is 71.0 Å². The fourth-order valence-corrected chi connectivity index (χ4v) is 7.79. The molecular formula is C29H36Cl2N6O6S. The van der Waals surface area contributed by atoms with Crippen LogP contribution >= 0.6 is 34.5 Å². The number of amides is 4. The number of anilines is 1. The van der Waals surface area contributed by atoms with Crippen LogP contribution in [0, 0.1) is 23.7 Å². The molecule has 2 aliphatic carbocycles. The van der Waals surface area contributed by atoms with Crippen LogP contribution in [-0.2, 0) is 25.7 Å². The van der Waals surface area contributed by atoms with Crippen LogP contribution < -0.4 is 26.8 Å². The van der Waals surface area contributed by atoms with E-state index in [9.17, 15) is 28.8 Å². The van der Waals surface area contributed by atoms with Crippen LogP contribution in [-0.4, -0.2) is 58.1 Å². The number of nitrogens with zero attached hydrogens (tertiary/aromatic N) is 2. The molecule has 4 N–H and O–H groups in total. The first-order chi connectivity index (χ1) is 20.9. The Kier molecular flexibility index (Phi) is 11.2. The minimum Gasteiger partial charge on any atom is -0.353 e. The number of pyridine rings is 1. The number of nitrogens with one attached hydrogen (secondary N) is 4.